The smallest absolute Gasteiger partial charge is 0.490 e. The molecule has 2 heterocycles. The predicted octanol–water partition coefficient (Wildman–Crippen LogP) is 2.94. The summed E-state index contributed by atoms with van der Waals surface area (Å²) in [7, 11) is 3.39. The van der Waals surface area contributed by atoms with E-state index in [0.717, 1.165) is 37.5 Å². The number of carboxylic acids is 1. The Labute approximate surface area is 173 Å². The van der Waals surface area contributed by atoms with Crippen molar-refractivity contribution in [1.29, 1.82) is 0 Å². The number of carbonyl (C=O) groups excluding carboxylic acids is 1. The van der Waals surface area contributed by atoms with E-state index < -0.39 is 12.1 Å². The molecule has 1 N–H and O–H groups in total. The van der Waals surface area contributed by atoms with Crippen molar-refractivity contribution >= 4 is 17.6 Å². The third kappa shape index (κ3) is 5.63. The Hall–Kier alpha value is -2.33. The van der Waals surface area contributed by atoms with Gasteiger partial charge in [-0.1, -0.05) is 18.6 Å². The van der Waals surface area contributed by atoms with Crippen molar-refractivity contribution in [3.05, 3.63) is 24.3 Å². The van der Waals surface area contributed by atoms with Crippen molar-refractivity contribution in [2.75, 3.05) is 45.4 Å². The van der Waals surface area contributed by atoms with E-state index in [1.54, 1.807) is 14.2 Å². The van der Waals surface area contributed by atoms with Gasteiger partial charge in [-0.2, -0.15) is 13.2 Å². The van der Waals surface area contributed by atoms with E-state index in [-0.39, 0.29) is 11.4 Å². The van der Waals surface area contributed by atoms with Gasteiger partial charge in [0, 0.05) is 32.2 Å². The van der Waals surface area contributed by atoms with Crippen LogP contribution in [0.4, 0.5) is 18.9 Å². The van der Waals surface area contributed by atoms with Gasteiger partial charge in [-0.05, 0) is 31.5 Å². The molecular weight excluding hydrogens is 405 g/mol. The number of methoxy groups -OCH3 is 2. The summed E-state index contributed by atoms with van der Waals surface area (Å²) in [5.41, 5.74) is 0.837. The lowest BCUT2D eigenvalue weighted by atomic mass is 9.85. The van der Waals surface area contributed by atoms with Crippen molar-refractivity contribution in [2.24, 2.45) is 0 Å². The van der Waals surface area contributed by atoms with Crippen molar-refractivity contribution in [3.63, 3.8) is 0 Å². The van der Waals surface area contributed by atoms with Crippen molar-refractivity contribution in [1.82, 2.24) is 4.90 Å². The summed E-state index contributed by atoms with van der Waals surface area (Å²) in [5.74, 6) is -1.80. The van der Waals surface area contributed by atoms with E-state index in [4.69, 9.17) is 19.4 Å². The lowest BCUT2D eigenvalue weighted by Gasteiger charge is -2.44. The maximum atomic E-state index is 12.7. The molecule has 0 saturated carbocycles. The van der Waals surface area contributed by atoms with E-state index >= 15 is 0 Å². The zero-order valence-electron chi connectivity index (χ0n) is 17.1. The third-order valence-electron chi connectivity index (χ3n) is 5.41. The first-order chi connectivity index (χ1) is 14.1. The van der Waals surface area contributed by atoms with Gasteiger partial charge in [0.1, 0.15) is 5.75 Å². The lowest BCUT2D eigenvalue weighted by molar-refractivity contribution is -0.192. The SMILES string of the molecule is COCCN1CCCCC12CC(=O)N(c1ccccc1OC)C2.O=C(O)C(F)(F)F. The van der Waals surface area contributed by atoms with Gasteiger partial charge in [-0.25, -0.2) is 4.79 Å². The molecule has 1 aromatic rings. The van der Waals surface area contributed by atoms with Crippen molar-refractivity contribution < 1.29 is 37.3 Å². The minimum absolute atomic E-state index is 0.0469. The van der Waals surface area contributed by atoms with Crippen LogP contribution in [0.15, 0.2) is 24.3 Å². The van der Waals surface area contributed by atoms with Crippen LogP contribution >= 0.6 is 0 Å². The average Bonchev–Trinajstić information content (AvgIpc) is 3.03. The molecule has 168 valence electrons. The Kier molecular flexibility index (Phi) is 8.08. The summed E-state index contributed by atoms with van der Waals surface area (Å²) in [5, 5.41) is 7.12. The highest BCUT2D eigenvalue weighted by atomic mass is 19.4. The van der Waals surface area contributed by atoms with Gasteiger partial charge >= 0.3 is 12.1 Å². The molecule has 1 unspecified atom stereocenters. The highest BCUT2D eigenvalue weighted by molar-refractivity contribution is 5.98. The Bertz CT molecular complexity index is 743. The number of anilines is 1. The first kappa shape index (κ1) is 23.9. The van der Waals surface area contributed by atoms with Gasteiger partial charge in [0.2, 0.25) is 5.91 Å². The second kappa shape index (κ2) is 10.1. The number of rotatable bonds is 5. The van der Waals surface area contributed by atoms with E-state index in [1.807, 2.05) is 29.2 Å². The maximum absolute atomic E-state index is 12.7. The van der Waals surface area contributed by atoms with Gasteiger partial charge in [-0.15, -0.1) is 0 Å². The molecule has 0 bridgehead atoms. The molecule has 0 aromatic heterocycles. The Morgan fingerprint density at radius 2 is 1.90 bits per heavy atom. The normalized spacial score (nSPS) is 22.0. The van der Waals surface area contributed by atoms with Crippen LogP contribution in [0.1, 0.15) is 25.7 Å². The van der Waals surface area contributed by atoms with E-state index in [0.29, 0.717) is 13.0 Å². The molecule has 0 aliphatic carbocycles. The highest BCUT2D eigenvalue weighted by Crippen LogP contribution is 2.41. The first-order valence-electron chi connectivity index (χ1n) is 9.62. The summed E-state index contributed by atoms with van der Waals surface area (Å²) in [4.78, 5) is 26.0. The number of likely N-dealkylation sites (tertiary alicyclic amines) is 1. The molecule has 2 aliphatic heterocycles. The topological polar surface area (TPSA) is 79.3 Å². The number of aliphatic carboxylic acids is 1. The number of ether oxygens (including phenoxy) is 2. The van der Waals surface area contributed by atoms with E-state index in [2.05, 4.69) is 4.90 Å². The second-order valence-electron chi connectivity index (χ2n) is 7.29. The fourth-order valence-corrected chi connectivity index (χ4v) is 3.97. The van der Waals surface area contributed by atoms with Crippen LogP contribution < -0.4 is 9.64 Å². The third-order valence-corrected chi connectivity index (χ3v) is 5.41. The number of halogens is 3. The van der Waals surface area contributed by atoms with Crippen LogP contribution in [0.25, 0.3) is 0 Å². The van der Waals surface area contributed by atoms with Crippen molar-refractivity contribution in [3.8, 4) is 5.75 Å². The minimum atomic E-state index is -5.08. The van der Waals surface area contributed by atoms with Crippen LogP contribution in [-0.4, -0.2) is 74.1 Å². The predicted molar refractivity (Wildman–Crippen MR) is 104 cm³/mol. The number of carbonyl (C=O) groups is 2. The number of carboxylic acid groups (broad SMARTS) is 1. The minimum Gasteiger partial charge on any atom is -0.495 e. The maximum Gasteiger partial charge on any atom is 0.490 e. The lowest BCUT2D eigenvalue weighted by Crippen LogP contribution is -2.54. The number of nitrogens with zero attached hydrogens (tertiary/aromatic N) is 2. The van der Waals surface area contributed by atoms with Crippen molar-refractivity contribution in [2.45, 2.75) is 37.4 Å². The van der Waals surface area contributed by atoms with Gasteiger partial charge in [0.05, 0.1) is 19.4 Å². The van der Waals surface area contributed by atoms with Gasteiger partial charge in [-0.3, -0.25) is 9.69 Å². The number of benzene rings is 1. The number of piperidine rings is 1. The van der Waals surface area contributed by atoms with Gasteiger partial charge in [0.15, 0.2) is 0 Å². The van der Waals surface area contributed by atoms with Crippen LogP contribution in [0, 0.1) is 0 Å². The fraction of sp³-hybridized carbons (Fsp3) is 0.600. The summed E-state index contributed by atoms with van der Waals surface area (Å²) >= 11 is 0. The molecule has 0 radical (unpaired) electrons. The molecule has 1 amide bonds. The molecular formula is C20H27F3N2O5. The molecule has 1 aromatic carbocycles. The summed E-state index contributed by atoms with van der Waals surface area (Å²) in [6.07, 6.45) is -1.02. The Morgan fingerprint density at radius 1 is 1.23 bits per heavy atom. The molecule has 2 fully saturated rings. The second-order valence-corrected chi connectivity index (χ2v) is 7.29. The molecule has 3 rings (SSSR count). The van der Waals surface area contributed by atoms with Crippen LogP contribution in [0.3, 0.4) is 0 Å². The standard InChI is InChI=1S/C18H26N2O3.C2HF3O2/c1-22-12-11-19-10-6-5-9-18(19)13-17(21)20(14-18)15-7-3-4-8-16(15)23-2;3-2(4,5)1(6)7/h3-4,7-8H,5-6,9-14H2,1-2H3;(H,6,7). The van der Waals surface area contributed by atoms with Crippen LogP contribution in [0.5, 0.6) is 5.75 Å². The monoisotopic (exact) mass is 432 g/mol. The average molecular weight is 432 g/mol. The Balaban J connectivity index is 0.000000396. The highest BCUT2D eigenvalue weighted by Gasteiger charge is 2.48. The number of para-hydroxylation sites is 2. The fourth-order valence-electron chi connectivity index (χ4n) is 3.97. The summed E-state index contributed by atoms with van der Waals surface area (Å²) < 4.78 is 42.4. The number of amides is 1. The van der Waals surface area contributed by atoms with Gasteiger partial charge < -0.3 is 19.5 Å². The Morgan fingerprint density at radius 3 is 2.50 bits per heavy atom. The zero-order valence-corrected chi connectivity index (χ0v) is 17.1. The summed E-state index contributed by atoms with van der Waals surface area (Å²) in [6.45, 7) is 3.40. The zero-order chi connectivity index (χ0) is 22.4. The number of alkyl halides is 3. The quantitative estimate of drug-likeness (QED) is 0.771. The molecule has 1 spiro atoms. The van der Waals surface area contributed by atoms with Crippen LogP contribution in [-0.2, 0) is 14.3 Å². The molecule has 2 aliphatic rings. The van der Waals surface area contributed by atoms with E-state index in [9.17, 15) is 18.0 Å². The molecule has 1 atom stereocenters. The summed E-state index contributed by atoms with van der Waals surface area (Å²) in [6, 6.07) is 7.78. The number of hydrogen-bond donors (Lipinski definition) is 1. The van der Waals surface area contributed by atoms with Gasteiger partial charge in [0.25, 0.3) is 0 Å². The number of hydrogen-bond acceptors (Lipinski definition) is 5. The van der Waals surface area contributed by atoms with Crippen LogP contribution in [0.2, 0.25) is 0 Å². The first-order valence-corrected chi connectivity index (χ1v) is 9.62. The molecule has 7 nitrogen and oxygen atoms in total. The van der Waals surface area contributed by atoms with E-state index in [1.165, 1.54) is 12.8 Å². The largest absolute Gasteiger partial charge is 0.495 e. The molecule has 2 saturated heterocycles. The molecule has 30 heavy (non-hydrogen) atoms. The molecule has 10 heteroatoms.